The van der Waals surface area contributed by atoms with E-state index in [-0.39, 0.29) is 35.3 Å². The van der Waals surface area contributed by atoms with Gasteiger partial charge in [-0.25, -0.2) is 9.98 Å². The number of nitrogens with zero attached hydrogens (tertiary/aromatic N) is 2. The van der Waals surface area contributed by atoms with Crippen LogP contribution in [-0.2, 0) is 18.4 Å². The summed E-state index contributed by atoms with van der Waals surface area (Å²) in [7, 11) is 1.63. The predicted molar refractivity (Wildman–Crippen MR) is 127 cm³/mol. The average molecular weight is 513 g/mol. The maximum absolute atomic E-state index is 11.7. The number of aromatic nitrogens is 1. The smallest absolute Gasteiger partial charge is 0.251 e. The number of carbonyl (C=O) groups excluding carboxylic acids is 1. The Morgan fingerprint density at radius 1 is 1.24 bits per heavy atom. The Kier molecular flexibility index (Phi) is 10.1. The summed E-state index contributed by atoms with van der Waals surface area (Å²) in [6, 6.07) is 7.63. The first-order chi connectivity index (χ1) is 13.3. The molecule has 1 amide bonds. The molecule has 0 aliphatic rings. The lowest BCUT2D eigenvalue weighted by molar-refractivity contribution is 0.0963. The molecule has 1 aromatic heterocycles. The van der Waals surface area contributed by atoms with Gasteiger partial charge >= 0.3 is 0 Å². The predicted octanol–water partition coefficient (Wildman–Crippen LogP) is 3.25. The molecular formula is C21H32IN5O2. The third-order valence-electron chi connectivity index (χ3n) is 4.13. The molecule has 0 saturated carbocycles. The van der Waals surface area contributed by atoms with Gasteiger partial charge in [-0.1, -0.05) is 32.9 Å². The van der Waals surface area contributed by atoms with Gasteiger partial charge in [-0.05, 0) is 31.0 Å². The van der Waals surface area contributed by atoms with Crippen LogP contribution in [0.4, 0.5) is 0 Å². The Bertz CT molecular complexity index is 811. The van der Waals surface area contributed by atoms with Crippen molar-refractivity contribution >= 4 is 35.8 Å². The first-order valence-electron chi connectivity index (χ1n) is 9.62. The highest BCUT2D eigenvalue weighted by atomic mass is 127. The number of aliphatic imine (C=N–C) groups is 1. The van der Waals surface area contributed by atoms with Crippen molar-refractivity contribution in [2.45, 2.75) is 46.1 Å². The van der Waals surface area contributed by atoms with E-state index in [0.717, 1.165) is 24.3 Å². The molecule has 0 radical (unpaired) electrons. The number of guanidine groups is 1. The zero-order chi connectivity index (χ0) is 20.6. The Labute approximate surface area is 190 Å². The van der Waals surface area contributed by atoms with Crippen molar-refractivity contribution in [1.29, 1.82) is 0 Å². The first-order valence-corrected chi connectivity index (χ1v) is 9.62. The molecule has 29 heavy (non-hydrogen) atoms. The van der Waals surface area contributed by atoms with E-state index < -0.39 is 0 Å². The molecular weight excluding hydrogens is 481 g/mol. The van der Waals surface area contributed by atoms with E-state index in [1.165, 1.54) is 0 Å². The van der Waals surface area contributed by atoms with Gasteiger partial charge in [-0.2, -0.15) is 0 Å². The Morgan fingerprint density at radius 3 is 2.62 bits per heavy atom. The zero-order valence-electron chi connectivity index (χ0n) is 17.8. The van der Waals surface area contributed by atoms with Crippen LogP contribution in [-0.4, -0.2) is 37.0 Å². The summed E-state index contributed by atoms with van der Waals surface area (Å²) in [5.74, 6) is 2.08. The van der Waals surface area contributed by atoms with Gasteiger partial charge < -0.3 is 20.4 Å². The van der Waals surface area contributed by atoms with Gasteiger partial charge in [-0.15, -0.1) is 24.0 Å². The minimum atomic E-state index is -0.0784. The summed E-state index contributed by atoms with van der Waals surface area (Å²) in [6.45, 7) is 10.1. The fourth-order valence-electron chi connectivity index (χ4n) is 2.56. The molecule has 0 unspecified atom stereocenters. The largest absolute Gasteiger partial charge is 0.443 e. The Morgan fingerprint density at radius 2 is 2.00 bits per heavy atom. The van der Waals surface area contributed by atoms with E-state index in [0.29, 0.717) is 30.5 Å². The lowest BCUT2D eigenvalue weighted by atomic mass is 9.94. The summed E-state index contributed by atoms with van der Waals surface area (Å²) in [6.07, 6.45) is 2.55. The molecule has 8 heteroatoms. The highest BCUT2D eigenvalue weighted by molar-refractivity contribution is 14.0. The summed E-state index contributed by atoms with van der Waals surface area (Å²) in [5, 5.41) is 9.17. The fourth-order valence-corrected chi connectivity index (χ4v) is 2.56. The maximum atomic E-state index is 11.7. The first kappa shape index (κ1) is 24.9. The zero-order valence-corrected chi connectivity index (χ0v) is 20.2. The third-order valence-corrected chi connectivity index (χ3v) is 4.13. The summed E-state index contributed by atoms with van der Waals surface area (Å²) in [4.78, 5) is 20.6. The average Bonchev–Trinajstić information content (AvgIpc) is 3.15. The second kappa shape index (κ2) is 11.8. The molecule has 3 N–H and O–H groups in total. The second-order valence-corrected chi connectivity index (χ2v) is 7.52. The molecule has 2 rings (SSSR count). The van der Waals surface area contributed by atoms with Crippen LogP contribution in [0.1, 0.15) is 55.3 Å². The van der Waals surface area contributed by atoms with E-state index in [1.807, 2.05) is 31.2 Å². The van der Waals surface area contributed by atoms with Crippen molar-refractivity contribution in [3.8, 4) is 0 Å². The second-order valence-electron chi connectivity index (χ2n) is 7.52. The number of hydrogen-bond acceptors (Lipinski definition) is 4. The number of rotatable bonds is 7. The minimum absolute atomic E-state index is 0. The highest BCUT2D eigenvalue weighted by Gasteiger charge is 2.19. The molecule has 1 aromatic carbocycles. The number of halogens is 1. The van der Waals surface area contributed by atoms with Crippen LogP contribution >= 0.6 is 24.0 Å². The number of oxazole rings is 1. The van der Waals surface area contributed by atoms with Gasteiger partial charge in [0.25, 0.3) is 5.91 Å². The molecule has 7 nitrogen and oxygen atoms in total. The van der Waals surface area contributed by atoms with Gasteiger partial charge in [0.05, 0.1) is 6.20 Å². The fraction of sp³-hybridized carbons (Fsp3) is 0.476. The van der Waals surface area contributed by atoms with E-state index in [4.69, 9.17) is 4.42 Å². The number of amides is 1. The van der Waals surface area contributed by atoms with Crippen LogP contribution in [0.25, 0.3) is 0 Å². The number of carbonyl (C=O) groups is 1. The topological polar surface area (TPSA) is 91.6 Å². The van der Waals surface area contributed by atoms with Gasteiger partial charge in [0.15, 0.2) is 5.96 Å². The Balaban J connectivity index is 0.00000420. The van der Waals surface area contributed by atoms with Crippen LogP contribution < -0.4 is 16.0 Å². The van der Waals surface area contributed by atoms with Crippen molar-refractivity contribution in [2.75, 3.05) is 20.1 Å². The molecule has 160 valence electrons. The molecule has 0 aliphatic carbocycles. The molecule has 0 atom stereocenters. The quantitative estimate of drug-likeness (QED) is 0.301. The van der Waals surface area contributed by atoms with Crippen molar-refractivity contribution in [1.82, 2.24) is 20.9 Å². The SMILES string of the molecule is CCNC(=NCc1ncc(C(C)(C)C)o1)NCCc1cccc(C(=O)NC)c1.I. The minimum Gasteiger partial charge on any atom is -0.443 e. The van der Waals surface area contributed by atoms with Crippen molar-refractivity contribution < 1.29 is 9.21 Å². The molecule has 0 aliphatic heterocycles. The number of nitrogens with one attached hydrogen (secondary N) is 3. The molecule has 2 aromatic rings. The van der Waals surface area contributed by atoms with E-state index >= 15 is 0 Å². The number of hydrogen-bond donors (Lipinski definition) is 3. The van der Waals surface area contributed by atoms with Crippen molar-refractivity contribution in [2.24, 2.45) is 4.99 Å². The van der Waals surface area contributed by atoms with Gasteiger partial charge in [-0.3, -0.25) is 4.79 Å². The molecule has 0 bridgehead atoms. The molecule has 0 fully saturated rings. The molecule has 1 heterocycles. The lowest BCUT2D eigenvalue weighted by Gasteiger charge is -2.13. The summed E-state index contributed by atoms with van der Waals surface area (Å²) < 4.78 is 5.79. The molecule has 0 saturated heterocycles. The maximum Gasteiger partial charge on any atom is 0.251 e. The third kappa shape index (κ3) is 8.04. The standard InChI is InChI=1S/C21H31N5O2.HI/c1-6-23-20(26-14-18-25-13-17(28-18)21(2,3)4)24-11-10-15-8-7-9-16(12-15)19(27)22-5;/h7-9,12-13H,6,10-11,14H2,1-5H3,(H,22,27)(H2,23,24,26);1H. The molecule has 0 spiro atoms. The van der Waals surface area contributed by atoms with E-state index in [2.05, 4.69) is 46.7 Å². The normalized spacial score (nSPS) is 11.6. The van der Waals surface area contributed by atoms with Crippen LogP contribution in [0.3, 0.4) is 0 Å². The van der Waals surface area contributed by atoms with Crippen molar-refractivity contribution in [3.05, 3.63) is 53.2 Å². The van der Waals surface area contributed by atoms with Crippen molar-refractivity contribution in [3.63, 3.8) is 0 Å². The van der Waals surface area contributed by atoms with Crippen LogP contribution in [0.15, 0.2) is 39.9 Å². The van der Waals surface area contributed by atoms with Gasteiger partial charge in [0.1, 0.15) is 12.3 Å². The van der Waals surface area contributed by atoms with Gasteiger partial charge in [0.2, 0.25) is 5.89 Å². The van der Waals surface area contributed by atoms with E-state index in [1.54, 1.807) is 13.2 Å². The Hall–Kier alpha value is -2.10. The summed E-state index contributed by atoms with van der Waals surface area (Å²) in [5.41, 5.74) is 1.69. The van der Waals surface area contributed by atoms with Crippen LogP contribution in [0.2, 0.25) is 0 Å². The van der Waals surface area contributed by atoms with Gasteiger partial charge in [0, 0.05) is 31.1 Å². The lowest BCUT2D eigenvalue weighted by Crippen LogP contribution is -2.38. The highest BCUT2D eigenvalue weighted by Crippen LogP contribution is 2.22. The van der Waals surface area contributed by atoms with Crippen LogP contribution in [0, 0.1) is 0 Å². The summed E-state index contributed by atoms with van der Waals surface area (Å²) >= 11 is 0. The monoisotopic (exact) mass is 513 g/mol. The van der Waals surface area contributed by atoms with E-state index in [9.17, 15) is 4.79 Å². The number of benzene rings is 1. The van der Waals surface area contributed by atoms with Crippen LogP contribution in [0.5, 0.6) is 0 Å².